The summed E-state index contributed by atoms with van der Waals surface area (Å²) in [5.41, 5.74) is 1.17. The number of Topliss-reactive ketones (excluding diaryl/α,β-unsaturated/α-hetero) is 1. The number of rotatable bonds is 9. The van der Waals surface area contributed by atoms with Crippen molar-refractivity contribution in [3.63, 3.8) is 0 Å². The average molecular weight is 456 g/mol. The molecule has 2 aromatic rings. The molecule has 1 fully saturated rings. The summed E-state index contributed by atoms with van der Waals surface area (Å²) in [6, 6.07) is 13.1. The van der Waals surface area contributed by atoms with Crippen LogP contribution in [0.3, 0.4) is 0 Å². The van der Waals surface area contributed by atoms with Gasteiger partial charge >= 0.3 is 6.03 Å². The number of likely N-dealkylation sites (tertiary alicyclic amines) is 1. The topological polar surface area (TPSA) is 81.7 Å². The van der Waals surface area contributed by atoms with Crippen molar-refractivity contribution in [1.82, 2.24) is 10.2 Å². The van der Waals surface area contributed by atoms with Crippen molar-refractivity contribution >= 4 is 17.5 Å². The summed E-state index contributed by atoms with van der Waals surface area (Å²) in [4.78, 5) is 26.0. The average Bonchev–Trinajstić information content (AvgIpc) is 2.78. The number of β-amino-alcohol motifs (C(OH)–C–C–N with tert-alkyl or cyclic N) is 1. The number of hydrogen-bond donors (Lipinski definition) is 3. The molecular weight excluding hydrogens is 421 g/mol. The first-order chi connectivity index (χ1) is 15.7. The number of halogens is 1. The first-order valence-corrected chi connectivity index (χ1v) is 11.6. The van der Waals surface area contributed by atoms with E-state index in [1.54, 1.807) is 31.2 Å². The van der Waals surface area contributed by atoms with Crippen LogP contribution in [0, 0.1) is 11.7 Å². The molecule has 3 rings (SSSR count). The van der Waals surface area contributed by atoms with Gasteiger partial charge in [-0.25, -0.2) is 9.18 Å². The molecule has 0 unspecified atom stereocenters. The van der Waals surface area contributed by atoms with E-state index in [4.69, 9.17) is 0 Å². The normalized spacial score (nSPS) is 16.7. The number of aryl methyl sites for hydroxylation is 1. The maximum Gasteiger partial charge on any atom is 0.319 e. The van der Waals surface area contributed by atoms with Crippen molar-refractivity contribution in [3.8, 4) is 0 Å². The Morgan fingerprint density at radius 2 is 1.85 bits per heavy atom. The first kappa shape index (κ1) is 24.9. The van der Waals surface area contributed by atoms with Crippen LogP contribution in [0.1, 0.15) is 49.0 Å². The number of amides is 2. The number of carbonyl (C=O) groups excluding carboxylic acids is 2. The zero-order valence-electron chi connectivity index (χ0n) is 19.4. The maximum atomic E-state index is 13.0. The molecule has 2 amide bonds. The highest BCUT2D eigenvalue weighted by atomic mass is 19.1. The van der Waals surface area contributed by atoms with Gasteiger partial charge < -0.3 is 20.6 Å². The van der Waals surface area contributed by atoms with Crippen LogP contribution in [-0.4, -0.2) is 53.6 Å². The molecule has 3 N–H and O–H groups in total. The molecule has 0 spiro atoms. The summed E-state index contributed by atoms with van der Waals surface area (Å²) >= 11 is 0. The molecule has 0 aliphatic carbocycles. The van der Waals surface area contributed by atoms with Gasteiger partial charge in [0.25, 0.3) is 0 Å². The Labute approximate surface area is 195 Å². The Morgan fingerprint density at radius 1 is 1.15 bits per heavy atom. The van der Waals surface area contributed by atoms with Crippen molar-refractivity contribution in [1.29, 1.82) is 0 Å². The molecule has 33 heavy (non-hydrogen) atoms. The Morgan fingerprint density at radius 3 is 2.52 bits per heavy atom. The van der Waals surface area contributed by atoms with Gasteiger partial charge in [0, 0.05) is 24.3 Å². The number of ketones is 1. The minimum atomic E-state index is -1.06. The minimum absolute atomic E-state index is 0.0683. The number of urea groups is 1. The Balaban J connectivity index is 1.37. The SMILES string of the molecule is CC(=O)c1cccc(NC(=O)NC[C@](C)(O)CN2CCC(CCc3ccc(F)cc3)CC2)c1. The molecule has 7 heteroatoms. The molecule has 178 valence electrons. The zero-order chi connectivity index (χ0) is 23.8. The van der Waals surface area contributed by atoms with Crippen LogP contribution in [0.5, 0.6) is 0 Å². The van der Waals surface area contributed by atoms with Crippen molar-refractivity contribution in [3.05, 3.63) is 65.5 Å². The van der Waals surface area contributed by atoms with E-state index < -0.39 is 11.6 Å². The van der Waals surface area contributed by atoms with E-state index in [2.05, 4.69) is 15.5 Å². The van der Waals surface area contributed by atoms with Crippen LogP contribution in [0.2, 0.25) is 0 Å². The quantitative estimate of drug-likeness (QED) is 0.494. The molecule has 0 aromatic heterocycles. The van der Waals surface area contributed by atoms with Gasteiger partial charge in [-0.2, -0.15) is 0 Å². The number of nitrogens with one attached hydrogen (secondary N) is 2. The lowest BCUT2D eigenvalue weighted by Crippen LogP contribution is -2.51. The molecule has 0 radical (unpaired) electrons. The van der Waals surface area contributed by atoms with Gasteiger partial charge in [0.1, 0.15) is 5.82 Å². The zero-order valence-corrected chi connectivity index (χ0v) is 19.4. The van der Waals surface area contributed by atoms with E-state index in [1.165, 1.54) is 24.6 Å². The van der Waals surface area contributed by atoms with Crippen molar-refractivity contribution < 1.29 is 19.1 Å². The first-order valence-electron chi connectivity index (χ1n) is 11.6. The molecule has 1 saturated heterocycles. The molecule has 2 aromatic carbocycles. The third kappa shape index (κ3) is 8.26. The lowest BCUT2D eigenvalue weighted by molar-refractivity contribution is 0.0118. The van der Waals surface area contributed by atoms with Gasteiger partial charge in [-0.15, -0.1) is 0 Å². The van der Waals surface area contributed by atoms with E-state index in [0.717, 1.165) is 38.8 Å². The molecule has 1 heterocycles. The smallest absolute Gasteiger partial charge is 0.319 e. The number of hydrogen-bond acceptors (Lipinski definition) is 4. The number of nitrogens with zero attached hydrogens (tertiary/aromatic N) is 1. The second-order valence-corrected chi connectivity index (χ2v) is 9.33. The van der Waals surface area contributed by atoms with Crippen LogP contribution in [0.25, 0.3) is 0 Å². The van der Waals surface area contributed by atoms with Crippen LogP contribution in [-0.2, 0) is 6.42 Å². The van der Waals surface area contributed by atoms with Gasteiger partial charge in [0.2, 0.25) is 0 Å². The predicted octanol–water partition coefficient (Wildman–Crippen LogP) is 4.25. The highest BCUT2D eigenvalue weighted by molar-refractivity contribution is 5.96. The minimum Gasteiger partial charge on any atom is -0.387 e. The summed E-state index contributed by atoms with van der Waals surface area (Å²) in [5, 5.41) is 16.2. The molecular formula is C26H34FN3O3. The van der Waals surface area contributed by atoms with E-state index in [0.29, 0.717) is 23.7 Å². The lowest BCUT2D eigenvalue weighted by atomic mass is 9.90. The van der Waals surface area contributed by atoms with Gasteiger partial charge in [0.05, 0.1) is 5.60 Å². The predicted molar refractivity (Wildman–Crippen MR) is 128 cm³/mol. The van der Waals surface area contributed by atoms with Crippen LogP contribution >= 0.6 is 0 Å². The van der Waals surface area contributed by atoms with Crippen molar-refractivity contribution in [2.45, 2.75) is 45.1 Å². The van der Waals surface area contributed by atoms with Crippen LogP contribution in [0.15, 0.2) is 48.5 Å². The fraction of sp³-hybridized carbons (Fsp3) is 0.462. The Bertz CT molecular complexity index is 938. The number of carbonyl (C=O) groups is 2. The number of anilines is 1. The number of piperidine rings is 1. The summed E-state index contributed by atoms with van der Waals surface area (Å²) in [7, 11) is 0. The Kier molecular flexibility index (Phi) is 8.58. The lowest BCUT2D eigenvalue weighted by Gasteiger charge is -2.36. The second kappa shape index (κ2) is 11.4. The molecule has 0 bridgehead atoms. The van der Waals surface area contributed by atoms with Crippen LogP contribution in [0.4, 0.5) is 14.9 Å². The highest BCUT2D eigenvalue weighted by Gasteiger charge is 2.27. The number of aliphatic hydroxyl groups is 1. The number of benzene rings is 2. The van der Waals surface area contributed by atoms with Crippen molar-refractivity contribution in [2.75, 3.05) is 31.5 Å². The summed E-state index contributed by atoms with van der Waals surface area (Å²) in [5.74, 6) is 0.361. The molecule has 6 nitrogen and oxygen atoms in total. The highest BCUT2D eigenvalue weighted by Crippen LogP contribution is 2.23. The van der Waals surface area contributed by atoms with E-state index in [1.807, 2.05) is 12.1 Å². The molecule has 0 saturated carbocycles. The molecule has 1 atom stereocenters. The monoisotopic (exact) mass is 455 g/mol. The third-order valence-electron chi connectivity index (χ3n) is 6.18. The molecule has 1 aliphatic heterocycles. The van der Waals surface area contributed by atoms with Gasteiger partial charge in [-0.05, 0) is 88.4 Å². The van der Waals surface area contributed by atoms with Gasteiger partial charge in [0.15, 0.2) is 5.78 Å². The fourth-order valence-electron chi connectivity index (χ4n) is 4.25. The van der Waals surface area contributed by atoms with E-state index in [9.17, 15) is 19.1 Å². The maximum absolute atomic E-state index is 13.0. The fourth-order valence-corrected chi connectivity index (χ4v) is 4.25. The summed E-state index contributed by atoms with van der Waals surface area (Å²) in [6.45, 7) is 5.63. The Hall–Kier alpha value is -2.77. The van der Waals surface area contributed by atoms with Gasteiger partial charge in [-0.3, -0.25) is 4.79 Å². The van der Waals surface area contributed by atoms with Crippen LogP contribution < -0.4 is 10.6 Å². The van der Waals surface area contributed by atoms with Crippen molar-refractivity contribution in [2.24, 2.45) is 5.92 Å². The second-order valence-electron chi connectivity index (χ2n) is 9.33. The molecule has 1 aliphatic rings. The van der Waals surface area contributed by atoms with Gasteiger partial charge in [-0.1, -0.05) is 24.3 Å². The third-order valence-corrected chi connectivity index (χ3v) is 6.18. The van der Waals surface area contributed by atoms with E-state index in [-0.39, 0.29) is 18.1 Å². The largest absolute Gasteiger partial charge is 0.387 e. The summed E-state index contributed by atoms with van der Waals surface area (Å²) in [6.07, 6.45) is 4.18. The standard InChI is InChI=1S/C26H34FN3O3/c1-19(31)22-4-3-5-24(16-22)29-25(32)28-17-26(2,33)18-30-14-12-21(13-15-30)7-6-20-8-10-23(27)11-9-20/h3-5,8-11,16,21,33H,6-7,12-15,17-18H2,1-2H3,(H2,28,29,32)/t26-/m0/s1. The summed E-state index contributed by atoms with van der Waals surface area (Å²) < 4.78 is 13.0. The van der Waals surface area contributed by atoms with E-state index >= 15 is 0 Å².